The molecule has 0 bridgehead atoms. The number of amides is 3. The van der Waals surface area contributed by atoms with Crippen molar-refractivity contribution in [3.63, 3.8) is 0 Å². The number of hydrogen-bond acceptors (Lipinski definition) is 4. The van der Waals surface area contributed by atoms with Gasteiger partial charge in [-0.05, 0) is 50.5 Å². The molecule has 0 spiro atoms. The Morgan fingerprint density at radius 2 is 1.66 bits per heavy atom. The van der Waals surface area contributed by atoms with Crippen molar-refractivity contribution in [2.24, 2.45) is 0 Å². The number of carbonyl (C=O) groups excluding carboxylic acids is 3. The Balaban J connectivity index is 2.43. The summed E-state index contributed by atoms with van der Waals surface area (Å²) >= 11 is 0. The molecule has 0 saturated carbocycles. The standard InChI is InChI=1S/C31H37N3O4/c1-7-10-14-21-32-28(35)27(25-19-17-23(8-2)18-20-25)34(9-3)29(36)26(22-24-15-12-11-13-16-24)33-30(37)38-31(4,5)6/h2-3,11-13,15-20,26-27H,7,10,14,21-22H2,1,4-6H3,(H,32,35)(H,33,37). The maximum Gasteiger partial charge on any atom is 0.408 e. The van der Waals surface area contributed by atoms with Gasteiger partial charge in [0.2, 0.25) is 5.91 Å². The highest BCUT2D eigenvalue weighted by atomic mass is 16.6. The van der Waals surface area contributed by atoms with E-state index in [1.165, 1.54) is 0 Å². The number of unbranched alkanes of at least 4 members (excludes halogenated alkanes) is 2. The smallest absolute Gasteiger partial charge is 0.408 e. The molecule has 2 N–H and O–H groups in total. The number of terminal acetylenes is 2. The maximum absolute atomic E-state index is 13.9. The molecule has 3 amide bonds. The highest BCUT2D eigenvalue weighted by molar-refractivity contribution is 5.93. The first kappa shape index (κ1) is 30.0. The van der Waals surface area contributed by atoms with Crippen LogP contribution in [0.2, 0.25) is 0 Å². The lowest BCUT2D eigenvalue weighted by atomic mass is 10.00. The first-order valence-corrected chi connectivity index (χ1v) is 12.8. The van der Waals surface area contributed by atoms with Gasteiger partial charge in [-0.3, -0.25) is 14.5 Å². The van der Waals surface area contributed by atoms with Gasteiger partial charge >= 0.3 is 6.09 Å². The molecule has 0 fully saturated rings. The molecule has 2 unspecified atom stereocenters. The van der Waals surface area contributed by atoms with Crippen molar-refractivity contribution in [2.75, 3.05) is 6.54 Å². The van der Waals surface area contributed by atoms with E-state index in [1.54, 1.807) is 45.0 Å². The van der Waals surface area contributed by atoms with Crippen molar-refractivity contribution in [2.45, 2.75) is 71.1 Å². The summed E-state index contributed by atoms with van der Waals surface area (Å²) in [5.74, 6) is 1.51. The maximum atomic E-state index is 13.9. The summed E-state index contributed by atoms with van der Waals surface area (Å²) in [4.78, 5) is 41.0. The Hall–Kier alpha value is -4.23. The third-order valence-corrected chi connectivity index (χ3v) is 5.63. The molecular weight excluding hydrogens is 478 g/mol. The Kier molecular flexibility index (Phi) is 11.4. The Morgan fingerprint density at radius 3 is 2.21 bits per heavy atom. The number of carbonyl (C=O) groups is 3. The molecule has 2 atom stereocenters. The zero-order chi connectivity index (χ0) is 28.1. The van der Waals surface area contributed by atoms with Gasteiger partial charge in [-0.25, -0.2) is 4.79 Å². The van der Waals surface area contributed by atoms with Crippen LogP contribution in [0.4, 0.5) is 4.79 Å². The van der Waals surface area contributed by atoms with Gasteiger partial charge < -0.3 is 15.4 Å². The number of benzene rings is 2. The zero-order valence-corrected chi connectivity index (χ0v) is 22.6. The first-order chi connectivity index (χ1) is 18.1. The van der Waals surface area contributed by atoms with E-state index in [-0.39, 0.29) is 6.42 Å². The number of nitrogens with zero attached hydrogens (tertiary/aromatic N) is 1. The molecule has 0 aliphatic carbocycles. The average molecular weight is 516 g/mol. The van der Waals surface area contributed by atoms with Crippen LogP contribution in [0.1, 0.15) is 69.7 Å². The predicted octanol–water partition coefficient (Wildman–Crippen LogP) is 4.57. The highest BCUT2D eigenvalue weighted by Crippen LogP contribution is 2.23. The Morgan fingerprint density at radius 1 is 1.00 bits per heavy atom. The highest BCUT2D eigenvalue weighted by Gasteiger charge is 2.36. The second kappa shape index (κ2) is 14.5. The molecule has 2 aromatic carbocycles. The van der Waals surface area contributed by atoms with Crippen molar-refractivity contribution in [1.82, 2.24) is 15.5 Å². The first-order valence-electron chi connectivity index (χ1n) is 12.8. The molecule has 0 aliphatic rings. The molecule has 2 aromatic rings. The molecule has 0 radical (unpaired) electrons. The number of nitrogens with one attached hydrogen (secondary N) is 2. The van der Waals surface area contributed by atoms with Crippen LogP contribution in [0.5, 0.6) is 0 Å². The van der Waals surface area contributed by atoms with E-state index in [4.69, 9.17) is 17.6 Å². The molecule has 200 valence electrons. The van der Waals surface area contributed by atoms with E-state index in [0.717, 1.165) is 29.7 Å². The normalized spacial score (nSPS) is 12.3. The van der Waals surface area contributed by atoms with Crippen LogP contribution < -0.4 is 10.6 Å². The van der Waals surface area contributed by atoms with Gasteiger partial charge in [0.05, 0.1) is 0 Å². The average Bonchev–Trinajstić information content (AvgIpc) is 2.88. The van der Waals surface area contributed by atoms with E-state index in [0.29, 0.717) is 17.7 Å². The van der Waals surface area contributed by atoms with Gasteiger partial charge in [-0.1, -0.05) is 74.6 Å². The van der Waals surface area contributed by atoms with E-state index in [1.807, 2.05) is 30.3 Å². The monoisotopic (exact) mass is 515 g/mol. The van der Waals surface area contributed by atoms with Crippen LogP contribution in [0.25, 0.3) is 0 Å². The van der Waals surface area contributed by atoms with Crippen molar-refractivity contribution < 1.29 is 19.1 Å². The van der Waals surface area contributed by atoms with Crippen molar-refractivity contribution in [1.29, 1.82) is 0 Å². The molecular formula is C31H37N3O4. The van der Waals surface area contributed by atoms with Gasteiger partial charge in [-0.2, -0.15) is 0 Å². The Bertz CT molecular complexity index is 1150. The van der Waals surface area contributed by atoms with Crippen LogP contribution >= 0.6 is 0 Å². The molecule has 2 rings (SSSR count). The summed E-state index contributed by atoms with van der Waals surface area (Å²) < 4.78 is 5.39. The van der Waals surface area contributed by atoms with Gasteiger partial charge in [0.15, 0.2) is 0 Å². The summed E-state index contributed by atoms with van der Waals surface area (Å²) in [6.07, 6.45) is 13.5. The molecule has 38 heavy (non-hydrogen) atoms. The van der Waals surface area contributed by atoms with Crippen LogP contribution in [0, 0.1) is 24.8 Å². The van der Waals surface area contributed by atoms with Crippen molar-refractivity contribution in [3.8, 4) is 24.8 Å². The number of rotatable bonds is 11. The number of ether oxygens (including phenoxy) is 1. The van der Waals surface area contributed by atoms with Crippen LogP contribution in [-0.4, -0.2) is 41.0 Å². The molecule has 0 aliphatic heterocycles. The van der Waals surface area contributed by atoms with Gasteiger partial charge in [-0.15, -0.1) is 6.42 Å². The largest absolute Gasteiger partial charge is 0.444 e. The molecule has 0 aromatic heterocycles. The van der Waals surface area contributed by atoms with Gasteiger partial charge in [0.25, 0.3) is 5.91 Å². The minimum Gasteiger partial charge on any atom is -0.444 e. The Labute approximate surface area is 226 Å². The van der Waals surface area contributed by atoms with E-state index < -0.39 is 35.6 Å². The van der Waals surface area contributed by atoms with E-state index in [2.05, 4.69) is 29.5 Å². The summed E-state index contributed by atoms with van der Waals surface area (Å²) in [5.41, 5.74) is 1.16. The fourth-order valence-corrected chi connectivity index (χ4v) is 3.80. The molecule has 0 heterocycles. The summed E-state index contributed by atoms with van der Waals surface area (Å²) in [7, 11) is 0. The minimum atomic E-state index is -1.13. The number of alkyl carbamates (subject to hydrolysis) is 1. The third kappa shape index (κ3) is 9.33. The predicted molar refractivity (Wildman–Crippen MR) is 149 cm³/mol. The lowest BCUT2D eigenvalue weighted by molar-refractivity contribution is -0.138. The number of hydrogen-bond donors (Lipinski definition) is 2. The van der Waals surface area contributed by atoms with Crippen LogP contribution in [-0.2, 0) is 20.7 Å². The van der Waals surface area contributed by atoms with Crippen molar-refractivity contribution in [3.05, 3.63) is 71.3 Å². The lowest BCUT2D eigenvalue weighted by Crippen LogP contribution is -2.52. The summed E-state index contributed by atoms with van der Waals surface area (Å²) in [5, 5.41) is 5.55. The third-order valence-electron chi connectivity index (χ3n) is 5.63. The molecule has 0 saturated heterocycles. The van der Waals surface area contributed by atoms with Gasteiger partial charge in [0.1, 0.15) is 17.7 Å². The lowest BCUT2D eigenvalue weighted by Gasteiger charge is -2.30. The summed E-state index contributed by atoms with van der Waals surface area (Å²) in [6, 6.07) is 16.1. The zero-order valence-electron chi connectivity index (χ0n) is 22.6. The van der Waals surface area contributed by atoms with E-state index >= 15 is 0 Å². The minimum absolute atomic E-state index is 0.151. The second-order valence-electron chi connectivity index (χ2n) is 9.89. The van der Waals surface area contributed by atoms with Gasteiger partial charge in [0, 0.05) is 24.6 Å². The summed E-state index contributed by atoms with van der Waals surface area (Å²) in [6.45, 7) is 7.70. The van der Waals surface area contributed by atoms with Crippen LogP contribution in [0.3, 0.4) is 0 Å². The SMILES string of the molecule is C#Cc1ccc(C(C(=O)NCCCCC)N(C#C)C(=O)C(Cc2ccccc2)NC(=O)OC(C)(C)C)cc1. The van der Waals surface area contributed by atoms with E-state index in [9.17, 15) is 14.4 Å². The molecule has 7 nitrogen and oxygen atoms in total. The fraction of sp³-hybridized carbons (Fsp3) is 0.387. The fourth-order valence-electron chi connectivity index (χ4n) is 3.80. The molecule has 7 heteroatoms. The topological polar surface area (TPSA) is 87.7 Å². The van der Waals surface area contributed by atoms with Crippen molar-refractivity contribution >= 4 is 17.9 Å². The quantitative estimate of drug-likeness (QED) is 0.261. The second-order valence-corrected chi connectivity index (χ2v) is 9.89. The van der Waals surface area contributed by atoms with Crippen LogP contribution in [0.15, 0.2) is 54.6 Å².